The molecule has 0 amide bonds. The van der Waals surface area contributed by atoms with Crippen LogP contribution >= 0.6 is 0 Å². The summed E-state index contributed by atoms with van der Waals surface area (Å²) < 4.78 is 1.50. The molecule has 8 nitrogen and oxygen atoms in total. The van der Waals surface area contributed by atoms with Crippen molar-refractivity contribution in [3.05, 3.63) is 78.1 Å². The lowest BCUT2D eigenvalue weighted by Gasteiger charge is -2.15. The molecule has 4 aromatic rings. The minimum atomic E-state index is 0.234. The molecule has 2 aromatic heterocycles. The van der Waals surface area contributed by atoms with Gasteiger partial charge in [0, 0.05) is 11.8 Å². The van der Waals surface area contributed by atoms with E-state index in [0.717, 1.165) is 24.3 Å². The average molecular weight is 384 g/mol. The zero-order valence-corrected chi connectivity index (χ0v) is 15.7. The number of fused-ring (bicyclic) bond motifs is 1. The summed E-state index contributed by atoms with van der Waals surface area (Å²) in [5, 5.41) is 11.1. The van der Waals surface area contributed by atoms with Crippen LogP contribution in [0.3, 0.4) is 0 Å². The highest BCUT2D eigenvalue weighted by Gasteiger charge is 2.22. The van der Waals surface area contributed by atoms with Gasteiger partial charge >= 0.3 is 0 Å². The summed E-state index contributed by atoms with van der Waals surface area (Å²) in [7, 11) is 0. The van der Waals surface area contributed by atoms with Crippen molar-refractivity contribution in [2.24, 2.45) is 0 Å². The number of aryl methyl sites for hydroxylation is 1. The minimum Gasteiger partial charge on any atom is -0.368 e. The van der Waals surface area contributed by atoms with Gasteiger partial charge in [-0.1, -0.05) is 42.5 Å². The molecule has 1 atom stereocenters. The third-order valence-electron chi connectivity index (χ3n) is 4.99. The highest BCUT2D eigenvalue weighted by molar-refractivity contribution is 5.54. The van der Waals surface area contributed by atoms with Crippen LogP contribution in [-0.4, -0.2) is 24.7 Å². The molecule has 0 saturated heterocycles. The van der Waals surface area contributed by atoms with Gasteiger partial charge in [0.15, 0.2) is 5.82 Å². The van der Waals surface area contributed by atoms with Crippen LogP contribution in [0, 0.1) is 0 Å². The smallest absolute Gasteiger partial charge is 0.248 e. The van der Waals surface area contributed by atoms with Gasteiger partial charge in [-0.05, 0) is 36.1 Å². The predicted octanol–water partition coefficient (Wildman–Crippen LogP) is 3.48. The van der Waals surface area contributed by atoms with Crippen molar-refractivity contribution < 1.29 is 0 Å². The third kappa shape index (κ3) is 3.47. The topological polar surface area (TPSA) is 107 Å². The largest absolute Gasteiger partial charge is 0.368 e. The number of benzene rings is 2. The van der Waals surface area contributed by atoms with Gasteiger partial charge in [-0.3, -0.25) is 0 Å². The molecule has 0 fully saturated rings. The molecule has 5 rings (SSSR count). The Morgan fingerprint density at radius 1 is 1.00 bits per heavy atom. The van der Waals surface area contributed by atoms with Gasteiger partial charge in [0.1, 0.15) is 12.1 Å². The first-order chi connectivity index (χ1) is 14.3. The van der Waals surface area contributed by atoms with Gasteiger partial charge in [-0.25, -0.2) is 9.97 Å². The summed E-state index contributed by atoms with van der Waals surface area (Å²) >= 11 is 0. The van der Waals surface area contributed by atoms with Gasteiger partial charge < -0.3 is 16.4 Å². The Balaban J connectivity index is 1.38. The lowest BCUT2D eigenvalue weighted by Crippen LogP contribution is -2.10. The Morgan fingerprint density at radius 3 is 2.72 bits per heavy atom. The summed E-state index contributed by atoms with van der Waals surface area (Å²) in [6, 6.07) is 20.3. The third-order valence-corrected chi connectivity index (χ3v) is 4.99. The number of aromatic nitrogens is 5. The first-order valence-electron chi connectivity index (χ1n) is 9.47. The number of nitrogens with two attached hydrogens (primary N) is 1. The molecule has 0 radical (unpaired) electrons. The number of nitrogen functional groups attached to an aromatic ring is 1. The van der Waals surface area contributed by atoms with Crippen molar-refractivity contribution in [1.29, 1.82) is 0 Å². The molecule has 1 aliphatic carbocycles. The van der Waals surface area contributed by atoms with Crippen molar-refractivity contribution in [2.75, 3.05) is 16.4 Å². The summed E-state index contributed by atoms with van der Waals surface area (Å²) in [6.45, 7) is 0. The van der Waals surface area contributed by atoms with Crippen LogP contribution in [0.5, 0.6) is 0 Å². The highest BCUT2D eigenvalue weighted by atomic mass is 15.4. The molecule has 144 valence electrons. The van der Waals surface area contributed by atoms with E-state index in [4.69, 9.17) is 5.73 Å². The summed E-state index contributed by atoms with van der Waals surface area (Å²) in [6.07, 6.45) is 3.61. The second-order valence-electron chi connectivity index (χ2n) is 6.89. The molecule has 2 aromatic carbocycles. The average Bonchev–Trinajstić information content (AvgIpc) is 3.32. The van der Waals surface area contributed by atoms with Gasteiger partial charge in [0.05, 0.1) is 6.04 Å². The first kappa shape index (κ1) is 17.2. The SMILES string of the molecule is Nc1nc(Nc2ccccc2)nn1-c1cc(N[C@H]2CCc3ccccc32)ncn1. The van der Waals surface area contributed by atoms with E-state index < -0.39 is 0 Å². The summed E-state index contributed by atoms with van der Waals surface area (Å²) in [5.41, 5.74) is 9.66. The molecular weight excluding hydrogens is 364 g/mol. The van der Waals surface area contributed by atoms with E-state index in [2.05, 4.69) is 54.9 Å². The fourth-order valence-corrected chi connectivity index (χ4v) is 3.62. The maximum absolute atomic E-state index is 6.07. The Kier molecular flexibility index (Phi) is 4.28. The lowest BCUT2D eigenvalue weighted by atomic mass is 10.1. The molecule has 1 aliphatic rings. The summed E-state index contributed by atoms with van der Waals surface area (Å²) in [4.78, 5) is 13.0. The molecule has 2 heterocycles. The molecule has 29 heavy (non-hydrogen) atoms. The van der Waals surface area contributed by atoms with E-state index in [1.165, 1.54) is 22.1 Å². The second-order valence-corrected chi connectivity index (χ2v) is 6.89. The van der Waals surface area contributed by atoms with Crippen molar-refractivity contribution in [1.82, 2.24) is 24.7 Å². The van der Waals surface area contributed by atoms with E-state index in [0.29, 0.717) is 11.8 Å². The molecule has 0 spiro atoms. The molecule has 0 bridgehead atoms. The fraction of sp³-hybridized carbons (Fsp3) is 0.143. The molecule has 0 unspecified atom stereocenters. The van der Waals surface area contributed by atoms with Crippen molar-refractivity contribution in [2.45, 2.75) is 18.9 Å². The zero-order valence-electron chi connectivity index (χ0n) is 15.7. The van der Waals surface area contributed by atoms with Gasteiger partial charge in [0.2, 0.25) is 11.9 Å². The number of anilines is 4. The number of rotatable bonds is 5. The number of hydrogen-bond donors (Lipinski definition) is 3. The van der Waals surface area contributed by atoms with E-state index >= 15 is 0 Å². The Hall–Kier alpha value is -3.94. The van der Waals surface area contributed by atoms with Crippen LogP contribution in [0.2, 0.25) is 0 Å². The van der Waals surface area contributed by atoms with Gasteiger partial charge in [-0.15, -0.1) is 5.10 Å². The normalized spacial score (nSPS) is 15.1. The van der Waals surface area contributed by atoms with E-state index in [1.54, 1.807) is 0 Å². The molecule has 4 N–H and O–H groups in total. The molecule has 0 saturated carbocycles. The van der Waals surface area contributed by atoms with Crippen LogP contribution in [0.25, 0.3) is 5.82 Å². The second kappa shape index (κ2) is 7.23. The van der Waals surface area contributed by atoms with Crippen molar-refractivity contribution in [3.8, 4) is 5.82 Å². The minimum absolute atomic E-state index is 0.234. The van der Waals surface area contributed by atoms with E-state index in [9.17, 15) is 0 Å². The Labute approximate surface area is 167 Å². The van der Waals surface area contributed by atoms with Crippen molar-refractivity contribution in [3.63, 3.8) is 0 Å². The quantitative estimate of drug-likeness (QED) is 0.483. The highest BCUT2D eigenvalue weighted by Crippen LogP contribution is 2.33. The standard InChI is InChI=1S/C21H20N8/c22-20-27-21(25-15-7-2-1-3-8-15)28-29(20)19-12-18(23-13-24-19)26-17-11-10-14-6-4-5-9-16(14)17/h1-9,12-13,17H,10-11H2,(H,23,24,26)(H3,22,25,27,28)/t17-/m0/s1. The molecular formula is C21H20N8. The van der Waals surface area contributed by atoms with Gasteiger partial charge in [0.25, 0.3) is 0 Å². The number of hydrogen-bond acceptors (Lipinski definition) is 7. The zero-order chi connectivity index (χ0) is 19.6. The first-order valence-corrected chi connectivity index (χ1v) is 9.47. The van der Waals surface area contributed by atoms with Crippen molar-refractivity contribution >= 4 is 23.4 Å². The number of para-hydroxylation sites is 1. The van der Waals surface area contributed by atoms with E-state index in [-0.39, 0.29) is 12.0 Å². The Morgan fingerprint density at radius 2 is 1.83 bits per heavy atom. The number of nitrogens with one attached hydrogen (secondary N) is 2. The predicted molar refractivity (Wildman–Crippen MR) is 112 cm³/mol. The van der Waals surface area contributed by atoms with Gasteiger partial charge in [-0.2, -0.15) is 9.67 Å². The monoisotopic (exact) mass is 384 g/mol. The van der Waals surface area contributed by atoms with Crippen LogP contribution < -0.4 is 16.4 Å². The molecule has 0 aliphatic heterocycles. The van der Waals surface area contributed by atoms with Crippen LogP contribution in [0.1, 0.15) is 23.6 Å². The van der Waals surface area contributed by atoms with Crippen LogP contribution in [0.15, 0.2) is 67.0 Å². The maximum atomic E-state index is 6.07. The Bertz CT molecular complexity index is 1140. The van der Waals surface area contributed by atoms with E-state index in [1.807, 2.05) is 36.4 Å². The molecule has 8 heteroatoms. The number of nitrogens with zero attached hydrogens (tertiary/aromatic N) is 5. The van der Waals surface area contributed by atoms with Crippen LogP contribution in [0.4, 0.5) is 23.4 Å². The summed E-state index contributed by atoms with van der Waals surface area (Å²) in [5.74, 6) is 1.94. The van der Waals surface area contributed by atoms with Crippen LogP contribution in [-0.2, 0) is 6.42 Å². The lowest BCUT2D eigenvalue weighted by molar-refractivity contribution is 0.754. The maximum Gasteiger partial charge on any atom is 0.248 e. The fourth-order valence-electron chi connectivity index (χ4n) is 3.62.